The maximum Gasteiger partial charge on any atom is 0.309 e. The minimum absolute atomic E-state index is 0.277. The quantitative estimate of drug-likeness (QED) is 0.0536. The first kappa shape index (κ1) is 36.5. The summed E-state index contributed by atoms with van der Waals surface area (Å²) in [4.78, 5) is 47.3. The molecular weight excluding hydrogens is 540 g/mol. The molecule has 10 unspecified atom stereocenters. The van der Waals surface area contributed by atoms with Gasteiger partial charge in [0, 0.05) is 13.3 Å². The summed E-state index contributed by atoms with van der Waals surface area (Å²) in [5.41, 5.74) is 0. The molecule has 0 aliphatic carbocycles. The zero-order valence-corrected chi connectivity index (χ0v) is 21.0. The van der Waals surface area contributed by atoms with E-state index < -0.39 is 111 Å². The molecule has 0 aliphatic heterocycles. The highest BCUT2D eigenvalue weighted by atomic mass is 16.7. The van der Waals surface area contributed by atoms with E-state index in [1.165, 1.54) is 6.92 Å². The fraction of sp³-hybridized carbons (Fsp3) is 0.810. The van der Waals surface area contributed by atoms with Gasteiger partial charge in [-0.2, -0.15) is 0 Å². The van der Waals surface area contributed by atoms with Gasteiger partial charge in [0.25, 0.3) is 12.6 Å². The van der Waals surface area contributed by atoms with Crippen molar-refractivity contribution in [1.29, 1.82) is 0 Å². The summed E-state index contributed by atoms with van der Waals surface area (Å²) in [5.74, 6) is -4.82. The Hall–Kier alpha value is -2.52. The number of aliphatic hydroxyl groups is 10. The van der Waals surface area contributed by atoms with Crippen LogP contribution in [-0.4, -0.2) is 150 Å². The van der Waals surface area contributed by atoms with Gasteiger partial charge in [0.05, 0.1) is 26.1 Å². The lowest BCUT2D eigenvalue weighted by atomic mass is 10.0. The lowest BCUT2D eigenvalue weighted by Gasteiger charge is -2.30. The highest BCUT2D eigenvalue weighted by molar-refractivity contribution is 5.78. The van der Waals surface area contributed by atoms with E-state index in [2.05, 4.69) is 9.47 Å². The van der Waals surface area contributed by atoms with E-state index in [0.717, 1.165) is 6.92 Å². The molecule has 0 aliphatic rings. The smallest absolute Gasteiger partial charge is 0.309 e. The van der Waals surface area contributed by atoms with Crippen molar-refractivity contribution < 1.29 is 89.2 Å². The molecule has 0 aromatic rings. The monoisotopic (exact) mass is 576 g/mol. The van der Waals surface area contributed by atoms with Crippen molar-refractivity contribution in [2.75, 3.05) is 13.2 Å². The number of carbonyl (C=O) groups is 4. The summed E-state index contributed by atoms with van der Waals surface area (Å²) in [7, 11) is 0. The molecule has 0 aromatic heterocycles. The van der Waals surface area contributed by atoms with Crippen LogP contribution in [0.2, 0.25) is 0 Å². The summed E-state index contributed by atoms with van der Waals surface area (Å²) in [6, 6.07) is 0. The Labute approximate surface area is 221 Å². The van der Waals surface area contributed by atoms with Crippen LogP contribution in [0.25, 0.3) is 0 Å². The molecule has 39 heavy (non-hydrogen) atoms. The number of rotatable bonds is 18. The van der Waals surface area contributed by atoms with Crippen molar-refractivity contribution in [3.05, 3.63) is 0 Å². The number of ether oxygens (including phenoxy) is 4. The average molecular weight is 577 g/mol. The number of hydrogen-bond acceptors (Lipinski definition) is 18. The van der Waals surface area contributed by atoms with Gasteiger partial charge < -0.3 is 70.0 Å². The van der Waals surface area contributed by atoms with Gasteiger partial charge in [-0.15, -0.1) is 0 Å². The van der Waals surface area contributed by atoms with Crippen LogP contribution in [0, 0.1) is 0 Å². The topological polar surface area (TPSA) is 308 Å². The third-order valence-corrected chi connectivity index (χ3v) is 4.97. The van der Waals surface area contributed by atoms with Crippen molar-refractivity contribution in [3.8, 4) is 0 Å². The van der Waals surface area contributed by atoms with E-state index in [9.17, 15) is 60.0 Å². The molecule has 18 nitrogen and oxygen atoms in total. The summed E-state index contributed by atoms with van der Waals surface area (Å²) in [5, 5.41) is 96.1. The molecule has 10 N–H and O–H groups in total. The fourth-order valence-electron chi connectivity index (χ4n) is 2.68. The lowest BCUT2D eigenvalue weighted by molar-refractivity contribution is -0.231. The molecule has 0 spiro atoms. The van der Waals surface area contributed by atoms with Gasteiger partial charge in [0.2, 0.25) is 0 Å². The second kappa shape index (κ2) is 17.9. The van der Waals surface area contributed by atoms with Gasteiger partial charge in [0.15, 0.2) is 12.2 Å². The average Bonchev–Trinajstić information content (AvgIpc) is 2.91. The van der Waals surface area contributed by atoms with Crippen LogP contribution in [0.1, 0.15) is 33.1 Å². The molecule has 18 heteroatoms. The number of esters is 4. The van der Waals surface area contributed by atoms with Crippen molar-refractivity contribution in [3.63, 3.8) is 0 Å². The Morgan fingerprint density at radius 3 is 1.18 bits per heavy atom. The molecule has 10 atom stereocenters. The third kappa shape index (κ3) is 12.5. The minimum atomic E-state index is -2.32. The van der Waals surface area contributed by atoms with Gasteiger partial charge in [-0.25, -0.2) is 0 Å². The zero-order chi connectivity index (χ0) is 30.4. The van der Waals surface area contributed by atoms with Gasteiger partial charge in [0.1, 0.15) is 36.6 Å². The summed E-state index contributed by atoms with van der Waals surface area (Å²) < 4.78 is 18.7. The van der Waals surface area contributed by atoms with Gasteiger partial charge >= 0.3 is 23.9 Å². The van der Waals surface area contributed by atoms with Crippen LogP contribution in [-0.2, 0) is 38.1 Å². The molecule has 0 saturated carbocycles. The van der Waals surface area contributed by atoms with Crippen molar-refractivity contribution in [1.82, 2.24) is 0 Å². The highest BCUT2D eigenvalue weighted by Crippen LogP contribution is 2.16. The Morgan fingerprint density at radius 1 is 0.538 bits per heavy atom. The van der Waals surface area contributed by atoms with Crippen molar-refractivity contribution in [2.45, 2.75) is 94.5 Å². The Morgan fingerprint density at radius 2 is 0.872 bits per heavy atom. The second-order valence-corrected chi connectivity index (χ2v) is 8.11. The standard InChI is InChI=1S/C21H36O18/c1-3-11(27)37-21(19(35)17(33)15(31)10(26)7-23)39-13(29)5-4-12(28)38-20(36-8(2)24)18(34)16(32)14(30)9(25)6-22/h9-10,14-23,25-26,30-35H,3-7H2,1-2H3. The predicted octanol–water partition coefficient (Wildman–Crippen LogP) is -6.11. The summed E-state index contributed by atoms with van der Waals surface area (Å²) >= 11 is 0. The molecule has 0 heterocycles. The highest BCUT2D eigenvalue weighted by Gasteiger charge is 2.40. The van der Waals surface area contributed by atoms with Gasteiger partial charge in [-0.1, -0.05) is 6.92 Å². The van der Waals surface area contributed by atoms with Gasteiger partial charge in [-0.3, -0.25) is 19.2 Å². The largest absolute Gasteiger partial charge is 0.422 e. The summed E-state index contributed by atoms with van der Waals surface area (Å²) in [6.07, 6.45) is -23.8. The Balaban J connectivity index is 5.32. The van der Waals surface area contributed by atoms with Crippen molar-refractivity contribution in [2.24, 2.45) is 0 Å². The molecule has 0 aromatic carbocycles. The molecule has 0 amide bonds. The van der Waals surface area contributed by atoms with E-state index in [4.69, 9.17) is 19.7 Å². The van der Waals surface area contributed by atoms with Crippen LogP contribution in [0.5, 0.6) is 0 Å². The first-order valence-electron chi connectivity index (χ1n) is 11.5. The molecule has 228 valence electrons. The third-order valence-electron chi connectivity index (χ3n) is 4.97. The van der Waals surface area contributed by atoms with E-state index in [-0.39, 0.29) is 6.42 Å². The Bertz CT molecular complexity index is 776. The van der Waals surface area contributed by atoms with Crippen LogP contribution in [0.15, 0.2) is 0 Å². The molecule has 0 radical (unpaired) electrons. The minimum Gasteiger partial charge on any atom is -0.422 e. The predicted molar refractivity (Wildman–Crippen MR) is 119 cm³/mol. The first-order chi connectivity index (χ1) is 18.1. The maximum absolute atomic E-state index is 12.2. The second-order valence-electron chi connectivity index (χ2n) is 8.11. The van der Waals surface area contributed by atoms with E-state index in [1.54, 1.807) is 0 Å². The molecular formula is C21H36O18. The summed E-state index contributed by atoms with van der Waals surface area (Å²) in [6.45, 7) is 0.128. The lowest BCUT2D eigenvalue weighted by Crippen LogP contribution is -2.52. The Kier molecular flexibility index (Phi) is 16.8. The number of hydrogen-bond donors (Lipinski definition) is 10. The van der Waals surface area contributed by atoms with Gasteiger partial charge in [-0.05, 0) is 0 Å². The molecule has 0 rings (SSSR count). The van der Waals surface area contributed by atoms with Crippen LogP contribution >= 0.6 is 0 Å². The number of carbonyl (C=O) groups excluding carboxylic acids is 4. The molecule has 0 bridgehead atoms. The molecule has 0 fully saturated rings. The maximum atomic E-state index is 12.2. The van der Waals surface area contributed by atoms with E-state index in [0.29, 0.717) is 0 Å². The zero-order valence-electron chi connectivity index (χ0n) is 21.0. The molecule has 0 saturated heterocycles. The SMILES string of the molecule is CCC(=O)OC(OC(=O)CCC(=O)OC(OC(C)=O)C(O)C(O)C(O)C(O)CO)C(O)C(O)C(O)C(O)CO. The van der Waals surface area contributed by atoms with Crippen LogP contribution in [0.4, 0.5) is 0 Å². The van der Waals surface area contributed by atoms with E-state index in [1.807, 2.05) is 0 Å². The van der Waals surface area contributed by atoms with Crippen molar-refractivity contribution >= 4 is 23.9 Å². The fourth-order valence-corrected chi connectivity index (χ4v) is 2.68. The first-order valence-corrected chi connectivity index (χ1v) is 11.5. The van der Waals surface area contributed by atoms with Crippen LogP contribution < -0.4 is 0 Å². The van der Waals surface area contributed by atoms with E-state index >= 15 is 0 Å². The number of aliphatic hydroxyl groups excluding tert-OH is 10. The normalized spacial score (nSPS) is 19.2. The van der Waals surface area contributed by atoms with Crippen LogP contribution in [0.3, 0.4) is 0 Å².